The molecule has 1 aromatic heterocycles. The van der Waals surface area contributed by atoms with Crippen LogP contribution in [0.2, 0.25) is 0 Å². The molecule has 3 aromatic rings. The number of carbonyl (C=O) groups excluding carboxylic acids is 1. The average Bonchev–Trinajstić information content (AvgIpc) is 3.10. The molecular weight excluding hydrogens is 330 g/mol. The molecule has 1 N–H and O–H groups in total. The van der Waals surface area contributed by atoms with Gasteiger partial charge in [-0.15, -0.1) is 0 Å². The van der Waals surface area contributed by atoms with Gasteiger partial charge in [-0.05, 0) is 30.2 Å². The Kier molecular flexibility index (Phi) is 5.22. The predicted octanol–water partition coefficient (Wildman–Crippen LogP) is 3.51. The second-order valence-electron chi connectivity index (χ2n) is 5.91. The lowest BCUT2D eigenvalue weighted by atomic mass is 10.1. The highest BCUT2D eigenvalue weighted by molar-refractivity contribution is 6.04. The van der Waals surface area contributed by atoms with Gasteiger partial charge in [-0.25, -0.2) is 0 Å². The average molecular weight is 351 g/mol. The zero-order valence-electron chi connectivity index (χ0n) is 15.0. The number of rotatable bonds is 6. The lowest BCUT2D eigenvalue weighted by Crippen LogP contribution is -2.12. The highest BCUT2D eigenvalue weighted by atomic mass is 16.5. The molecule has 1 heterocycles. The zero-order valence-corrected chi connectivity index (χ0v) is 15.0. The van der Waals surface area contributed by atoms with E-state index in [1.165, 1.54) is 11.1 Å². The van der Waals surface area contributed by atoms with E-state index < -0.39 is 0 Å². The monoisotopic (exact) mass is 351 g/mol. The van der Waals surface area contributed by atoms with Crippen molar-refractivity contribution < 1.29 is 14.3 Å². The summed E-state index contributed by atoms with van der Waals surface area (Å²) in [7, 11) is 3.10. The largest absolute Gasteiger partial charge is 0.497 e. The molecule has 0 fully saturated rings. The van der Waals surface area contributed by atoms with Gasteiger partial charge in [0, 0.05) is 17.8 Å². The van der Waals surface area contributed by atoms with Crippen molar-refractivity contribution in [1.29, 1.82) is 0 Å². The Balaban J connectivity index is 1.73. The molecule has 0 spiro atoms. The highest BCUT2D eigenvalue weighted by Gasteiger charge is 2.11. The molecule has 2 aromatic carbocycles. The molecule has 0 saturated heterocycles. The topological polar surface area (TPSA) is 65.4 Å². The third kappa shape index (κ3) is 4.03. The Hall–Kier alpha value is -3.28. The van der Waals surface area contributed by atoms with E-state index in [1.807, 2.05) is 18.3 Å². The van der Waals surface area contributed by atoms with Crippen LogP contribution in [0.1, 0.15) is 21.5 Å². The first kappa shape index (κ1) is 17.5. The number of carbonyl (C=O) groups is 1. The van der Waals surface area contributed by atoms with Crippen LogP contribution in [0.15, 0.2) is 54.9 Å². The maximum absolute atomic E-state index is 12.5. The Bertz CT molecular complexity index is 896. The lowest BCUT2D eigenvalue weighted by molar-refractivity contribution is 0.102. The van der Waals surface area contributed by atoms with Crippen molar-refractivity contribution in [1.82, 2.24) is 9.78 Å². The van der Waals surface area contributed by atoms with E-state index >= 15 is 0 Å². The molecule has 1 amide bonds. The molecule has 0 radical (unpaired) electrons. The van der Waals surface area contributed by atoms with Crippen molar-refractivity contribution in [3.05, 3.63) is 71.5 Å². The first-order valence-corrected chi connectivity index (χ1v) is 8.20. The summed E-state index contributed by atoms with van der Waals surface area (Å²) in [6, 6.07) is 13.2. The molecule has 0 unspecified atom stereocenters. The maximum atomic E-state index is 12.5. The van der Waals surface area contributed by atoms with Crippen LogP contribution < -0.4 is 14.8 Å². The number of aromatic nitrogens is 2. The minimum atomic E-state index is -0.252. The Morgan fingerprint density at radius 2 is 1.81 bits per heavy atom. The van der Waals surface area contributed by atoms with E-state index in [0.717, 1.165) is 0 Å². The van der Waals surface area contributed by atoms with Crippen molar-refractivity contribution in [3.8, 4) is 11.5 Å². The van der Waals surface area contributed by atoms with Crippen LogP contribution in [0.4, 0.5) is 5.69 Å². The van der Waals surface area contributed by atoms with Crippen molar-refractivity contribution in [3.63, 3.8) is 0 Å². The Morgan fingerprint density at radius 1 is 1.12 bits per heavy atom. The van der Waals surface area contributed by atoms with E-state index in [9.17, 15) is 4.79 Å². The number of hydrogen-bond donors (Lipinski definition) is 1. The fraction of sp³-hybridized carbons (Fsp3) is 0.200. The van der Waals surface area contributed by atoms with Gasteiger partial charge in [0.15, 0.2) is 0 Å². The number of anilines is 1. The van der Waals surface area contributed by atoms with E-state index in [4.69, 9.17) is 9.47 Å². The smallest absolute Gasteiger partial charge is 0.256 e. The van der Waals surface area contributed by atoms with E-state index in [0.29, 0.717) is 29.3 Å². The van der Waals surface area contributed by atoms with Crippen LogP contribution in [-0.4, -0.2) is 29.9 Å². The molecular formula is C20H21N3O3. The number of hydrogen-bond acceptors (Lipinski definition) is 4. The van der Waals surface area contributed by atoms with E-state index in [2.05, 4.69) is 29.5 Å². The summed E-state index contributed by atoms with van der Waals surface area (Å²) in [5, 5.41) is 7.17. The second kappa shape index (κ2) is 7.74. The molecule has 0 aliphatic heterocycles. The summed E-state index contributed by atoms with van der Waals surface area (Å²) in [5.41, 5.74) is 3.47. The van der Waals surface area contributed by atoms with Gasteiger partial charge in [0.25, 0.3) is 5.91 Å². The van der Waals surface area contributed by atoms with Gasteiger partial charge in [-0.1, -0.05) is 24.3 Å². The Labute approximate surface area is 152 Å². The second-order valence-corrected chi connectivity index (χ2v) is 5.91. The SMILES string of the molecule is COc1cc(OC)cc(C(=O)Nc2cnn(Cc3ccccc3C)c2)c1. The van der Waals surface area contributed by atoms with Crippen LogP contribution in [0.3, 0.4) is 0 Å². The summed E-state index contributed by atoms with van der Waals surface area (Å²) < 4.78 is 12.2. The number of benzene rings is 2. The lowest BCUT2D eigenvalue weighted by Gasteiger charge is -2.08. The van der Waals surface area contributed by atoms with Crippen LogP contribution in [0, 0.1) is 6.92 Å². The number of aryl methyl sites for hydroxylation is 1. The van der Waals surface area contributed by atoms with Gasteiger partial charge >= 0.3 is 0 Å². The van der Waals surface area contributed by atoms with Crippen molar-refractivity contribution >= 4 is 11.6 Å². The minimum absolute atomic E-state index is 0.252. The fourth-order valence-electron chi connectivity index (χ4n) is 2.62. The molecule has 6 nitrogen and oxygen atoms in total. The predicted molar refractivity (Wildman–Crippen MR) is 100 cm³/mol. The quantitative estimate of drug-likeness (QED) is 0.738. The molecule has 0 saturated carbocycles. The summed E-state index contributed by atoms with van der Waals surface area (Å²) in [6.45, 7) is 2.72. The minimum Gasteiger partial charge on any atom is -0.497 e. The summed E-state index contributed by atoms with van der Waals surface area (Å²) in [6.07, 6.45) is 3.44. The maximum Gasteiger partial charge on any atom is 0.256 e. The van der Waals surface area contributed by atoms with Crippen LogP contribution in [0.5, 0.6) is 11.5 Å². The number of nitrogens with one attached hydrogen (secondary N) is 1. The molecule has 0 atom stereocenters. The van der Waals surface area contributed by atoms with Gasteiger partial charge in [0.05, 0.1) is 32.6 Å². The third-order valence-corrected chi connectivity index (χ3v) is 4.10. The van der Waals surface area contributed by atoms with Gasteiger partial charge < -0.3 is 14.8 Å². The molecule has 0 aliphatic carbocycles. The molecule has 6 heteroatoms. The van der Waals surface area contributed by atoms with Crippen molar-refractivity contribution in [2.75, 3.05) is 19.5 Å². The van der Waals surface area contributed by atoms with Gasteiger partial charge in [0.2, 0.25) is 0 Å². The molecule has 26 heavy (non-hydrogen) atoms. The summed E-state index contributed by atoms with van der Waals surface area (Å²) in [4.78, 5) is 12.5. The van der Waals surface area contributed by atoms with Gasteiger partial charge in [-0.3, -0.25) is 9.48 Å². The first-order chi connectivity index (χ1) is 12.6. The normalized spacial score (nSPS) is 10.4. The van der Waals surface area contributed by atoms with Gasteiger partial charge in [-0.2, -0.15) is 5.10 Å². The molecule has 3 rings (SSSR count). The van der Waals surface area contributed by atoms with E-state index in [-0.39, 0.29) is 5.91 Å². The Morgan fingerprint density at radius 3 is 2.46 bits per heavy atom. The number of methoxy groups -OCH3 is 2. The summed E-state index contributed by atoms with van der Waals surface area (Å²) >= 11 is 0. The molecule has 0 aliphatic rings. The van der Waals surface area contributed by atoms with Crippen LogP contribution in [0.25, 0.3) is 0 Å². The standard InChI is InChI=1S/C20H21N3O3/c1-14-6-4-5-7-15(14)12-23-13-17(11-21-23)22-20(24)16-8-18(25-2)10-19(9-16)26-3/h4-11,13H,12H2,1-3H3,(H,22,24). The fourth-order valence-corrected chi connectivity index (χ4v) is 2.62. The van der Waals surface area contributed by atoms with Gasteiger partial charge in [0.1, 0.15) is 11.5 Å². The van der Waals surface area contributed by atoms with Crippen LogP contribution in [-0.2, 0) is 6.54 Å². The number of ether oxygens (including phenoxy) is 2. The van der Waals surface area contributed by atoms with Crippen LogP contribution >= 0.6 is 0 Å². The first-order valence-electron chi connectivity index (χ1n) is 8.20. The van der Waals surface area contributed by atoms with Crippen molar-refractivity contribution in [2.24, 2.45) is 0 Å². The summed E-state index contributed by atoms with van der Waals surface area (Å²) in [5.74, 6) is 0.868. The molecule has 134 valence electrons. The third-order valence-electron chi connectivity index (χ3n) is 4.10. The van der Waals surface area contributed by atoms with Crippen molar-refractivity contribution in [2.45, 2.75) is 13.5 Å². The van der Waals surface area contributed by atoms with E-state index in [1.54, 1.807) is 43.3 Å². The highest BCUT2D eigenvalue weighted by Crippen LogP contribution is 2.23. The molecule has 0 bridgehead atoms. The number of nitrogens with zero attached hydrogens (tertiary/aromatic N) is 2. The zero-order chi connectivity index (χ0) is 18.5. The number of amides is 1.